The van der Waals surface area contributed by atoms with Crippen LogP contribution >= 0.6 is 0 Å². The lowest BCUT2D eigenvalue weighted by Crippen LogP contribution is -2.48. The van der Waals surface area contributed by atoms with Crippen molar-refractivity contribution in [1.82, 2.24) is 19.4 Å². The van der Waals surface area contributed by atoms with Crippen molar-refractivity contribution in [2.24, 2.45) is 0 Å². The van der Waals surface area contributed by atoms with Gasteiger partial charge in [0.25, 0.3) is 0 Å². The number of rotatable bonds is 5. The second kappa shape index (κ2) is 16.6. The average molecular weight is 745 g/mol. The molecule has 9 rings (SSSR count). The molecule has 288 valence electrons. The largest absolute Gasteiger partial charge is 0.479 e. The summed E-state index contributed by atoms with van der Waals surface area (Å²) in [5.74, 6) is 1.42. The molecule has 0 aliphatic carbocycles. The Bertz CT molecular complexity index is 2090. The molecule has 3 aromatic carbocycles. The van der Waals surface area contributed by atoms with Crippen molar-refractivity contribution >= 4 is 11.9 Å². The Labute approximate surface area is 324 Å². The smallest absolute Gasteiger partial charge is 0.303 e. The first-order valence-corrected chi connectivity index (χ1v) is 19.4. The first kappa shape index (κ1) is 38.0. The molecule has 2 aromatic heterocycles. The van der Waals surface area contributed by atoms with Gasteiger partial charge in [-0.25, -0.2) is 0 Å². The van der Waals surface area contributed by atoms with Crippen LogP contribution in [0.2, 0.25) is 0 Å². The van der Waals surface area contributed by atoms with Gasteiger partial charge < -0.3 is 33.4 Å². The van der Waals surface area contributed by atoms with Gasteiger partial charge >= 0.3 is 11.9 Å². The number of nitrogens with zero attached hydrogens (tertiary/aromatic N) is 3. The molecule has 0 amide bonds. The summed E-state index contributed by atoms with van der Waals surface area (Å²) >= 11 is 0. The van der Waals surface area contributed by atoms with Crippen LogP contribution in [0.15, 0.2) is 103 Å². The third kappa shape index (κ3) is 8.07. The first-order chi connectivity index (χ1) is 26.7. The van der Waals surface area contributed by atoms with E-state index < -0.39 is 0 Å². The molecule has 6 heterocycles. The predicted molar refractivity (Wildman–Crippen MR) is 212 cm³/mol. The Kier molecular flexibility index (Phi) is 11.5. The van der Waals surface area contributed by atoms with Crippen molar-refractivity contribution < 1.29 is 28.5 Å². The van der Waals surface area contributed by atoms with E-state index in [1.54, 1.807) is 6.92 Å². The van der Waals surface area contributed by atoms with Gasteiger partial charge in [0.1, 0.15) is 18.1 Å². The van der Waals surface area contributed by atoms with E-state index in [4.69, 9.17) is 14.2 Å². The number of carbonyl (C=O) groups is 2. The lowest BCUT2D eigenvalue weighted by molar-refractivity contribution is -0.142. The van der Waals surface area contributed by atoms with E-state index in [1.165, 1.54) is 36.5 Å². The lowest BCUT2D eigenvalue weighted by Gasteiger charge is -2.45. The molecule has 0 saturated carbocycles. The van der Waals surface area contributed by atoms with E-state index in [0.29, 0.717) is 6.61 Å². The predicted octanol–water partition coefficient (Wildman–Crippen LogP) is 7.75. The van der Waals surface area contributed by atoms with Crippen LogP contribution in [-0.2, 0) is 43.4 Å². The number of likely N-dealkylation sites (tertiary alicyclic amines) is 1. The molecule has 0 radical (unpaired) electrons. The highest BCUT2D eigenvalue weighted by Gasteiger charge is 2.45. The molecule has 10 heteroatoms. The number of nitrogens with one attached hydrogen (secondary N) is 1. The highest BCUT2D eigenvalue weighted by Crippen LogP contribution is 2.47. The van der Waals surface area contributed by atoms with Crippen molar-refractivity contribution in [3.63, 3.8) is 0 Å². The van der Waals surface area contributed by atoms with Gasteiger partial charge in [0, 0.05) is 64.9 Å². The van der Waals surface area contributed by atoms with Gasteiger partial charge in [-0.3, -0.25) is 14.5 Å². The van der Waals surface area contributed by atoms with Crippen LogP contribution in [0.25, 0.3) is 11.4 Å². The van der Waals surface area contributed by atoms with E-state index in [9.17, 15) is 9.59 Å². The van der Waals surface area contributed by atoms with E-state index in [2.05, 4.69) is 116 Å². The van der Waals surface area contributed by atoms with Crippen LogP contribution in [-0.4, -0.2) is 58.8 Å². The quantitative estimate of drug-likeness (QED) is 0.183. The molecule has 4 aliphatic rings. The third-order valence-electron chi connectivity index (χ3n) is 10.9. The van der Waals surface area contributed by atoms with Crippen molar-refractivity contribution in [3.8, 4) is 22.9 Å². The second-order valence-corrected chi connectivity index (χ2v) is 14.6. The lowest BCUT2D eigenvalue weighted by atomic mass is 9.86. The van der Waals surface area contributed by atoms with Gasteiger partial charge in [0.2, 0.25) is 0 Å². The number of hydrogen-bond acceptors (Lipinski definition) is 8. The second-order valence-electron chi connectivity index (χ2n) is 14.6. The average Bonchev–Trinajstić information content (AvgIpc) is 3.82. The van der Waals surface area contributed by atoms with Gasteiger partial charge in [-0.1, -0.05) is 54.6 Å². The highest BCUT2D eigenvalue weighted by molar-refractivity contribution is 5.66. The van der Waals surface area contributed by atoms with Crippen LogP contribution < -0.4 is 14.8 Å². The highest BCUT2D eigenvalue weighted by atomic mass is 16.5. The van der Waals surface area contributed by atoms with Gasteiger partial charge in [0.05, 0.1) is 35.1 Å². The fourth-order valence-electron chi connectivity index (χ4n) is 8.27. The molecule has 0 bridgehead atoms. The van der Waals surface area contributed by atoms with Gasteiger partial charge in [-0.05, 0) is 81.0 Å². The van der Waals surface area contributed by atoms with Gasteiger partial charge in [0.15, 0.2) is 11.2 Å². The molecule has 0 atom stereocenters. The third-order valence-corrected chi connectivity index (χ3v) is 10.9. The molecule has 5 aromatic rings. The van der Waals surface area contributed by atoms with Crippen molar-refractivity contribution in [1.29, 1.82) is 0 Å². The van der Waals surface area contributed by atoms with Crippen molar-refractivity contribution in [2.45, 2.75) is 77.7 Å². The standard InChI is InChI=1S/C25H26N2O3.C16H18N2O.C4H8O2/c1-19(28)29-18-21-11-12-24-25(30-23-10-6-5-9-22(23)27(21)24)13-15-26(16-14-25)17-20-7-3-2-4-8-20;1-12-6-7-15-16(8-10-17-11-9-16)19-14-5-3-2-4-13(14)18(12)15;1-3-6-4(2)5/h2-12H,13-18H2,1H3;2-7,17H,8-11H2,1H3;3H2,1-2H3. The fourth-order valence-corrected chi connectivity index (χ4v) is 8.27. The van der Waals surface area contributed by atoms with Crippen LogP contribution in [0.5, 0.6) is 11.5 Å². The minimum Gasteiger partial charge on any atom is -0.479 e. The van der Waals surface area contributed by atoms with Crippen LogP contribution in [0.3, 0.4) is 0 Å². The van der Waals surface area contributed by atoms with E-state index in [-0.39, 0.29) is 29.7 Å². The number of aromatic nitrogens is 2. The van der Waals surface area contributed by atoms with E-state index >= 15 is 0 Å². The number of ether oxygens (including phenoxy) is 4. The fraction of sp³-hybridized carbons (Fsp3) is 0.378. The summed E-state index contributed by atoms with van der Waals surface area (Å²) in [4.78, 5) is 23.7. The normalized spacial score (nSPS) is 16.9. The van der Waals surface area contributed by atoms with Crippen molar-refractivity contribution in [2.75, 3.05) is 32.8 Å². The van der Waals surface area contributed by atoms with Crippen molar-refractivity contribution in [3.05, 3.63) is 131 Å². The summed E-state index contributed by atoms with van der Waals surface area (Å²) in [7, 11) is 0. The van der Waals surface area contributed by atoms with Crippen LogP contribution in [0.4, 0.5) is 0 Å². The number of benzene rings is 3. The summed E-state index contributed by atoms with van der Waals surface area (Å²) < 4.78 is 27.4. The monoisotopic (exact) mass is 744 g/mol. The maximum absolute atomic E-state index is 11.4. The molecule has 2 spiro atoms. The SMILES string of the molecule is CC(=O)OCc1ccc2n1-c1ccccc1OC21CCN(Cc2ccccc2)CC1.CCOC(C)=O.Cc1ccc2n1-c1ccccc1OC21CCNCC1. The maximum Gasteiger partial charge on any atom is 0.303 e. The summed E-state index contributed by atoms with van der Waals surface area (Å²) in [5.41, 5.74) is 7.75. The summed E-state index contributed by atoms with van der Waals surface area (Å²) in [6.45, 7) is 12.5. The number of para-hydroxylation sites is 4. The molecular weight excluding hydrogens is 693 g/mol. The minimum absolute atomic E-state index is 0.145. The number of hydrogen-bond donors (Lipinski definition) is 1. The van der Waals surface area contributed by atoms with E-state index in [1.807, 2.05) is 18.2 Å². The van der Waals surface area contributed by atoms with Gasteiger partial charge in [-0.15, -0.1) is 0 Å². The molecule has 4 aliphatic heterocycles. The maximum atomic E-state index is 11.4. The summed E-state index contributed by atoms with van der Waals surface area (Å²) in [5, 5.41) is 3.43. The Hall–Kier alpha value is -5.32. The number of piperidine rings is 2. The zero-order chi connectivity index (χ0) is 38.4. The molecule has 2 fully saturated rings. The number of aryl methyl sites for hydroxylation is 1. The van der Waals surface area contributed by atoms with Crippen LogP contribution in [0.1, 0.15) is 74.8 Å². The number of fused-ring (bicyclic) bond motifs is 8. The molecule has 55 heavy (non-hydrogen) atoms. The topological polar surface area (TPSA) is 96.2 Å². The molecule has 2 saturated heterocycles. The summed E-state index contributed by atoms with van der Waals surface area (Å²) in [6, 6.07) is 35.7. The molecule has 0 unspecified atom stereocenters. The molecular formula is C45H52N4O6. The van der Waals surface area contributed by atoms with Crippen LogP contribution in [0, 0.1) is 6.92 Å². The molecule has 1 N–H and O–H groups in total. The Morgan fingerprint density at radius 3 is 1.82 bits per heavy atom. The number of esters is 2. The Balaban J connectivity index is 0.000000158. The number of carbonyl (C=O) groups excluding carboxylic acids is 2. The van der Waals surface area contributed by atoms with E-state index in [0.717, 1.165) is 87.0 Å². The Morgan fingerprint density at radius 2 is 1.22 bits per heavy atom. The molecule has 10 nitrogen and oxygen atoms in total. The Morgan fingerprint density at radius 1 is 0.673 bits per heavy atom. The zero-order valence-electron chi connectivity index (χ0n) is 32.4. The van der Waals surface area contributed by atoms with Gasteiger partial charge in [-0.2, -0.15) is 0 Å². The first-order valence-electron chi connectivity index (χ1n) is 19.4. The minimum atomic E-state index is -0.351. The zero-order valence-corrected chi connectivity index (χ0v) is 32.4. The summed E-state index contributed by atoms with van der Waals surface area (Å²) in [6.07, 6.45) is 3.91.